The van der Waals surface area contributed by atoms with Gasteiger partial charge in [0, 0.05) is 36.4 Å². The molecule has 3 aromatic heterocycles. The quantitative estimate of drug-likeness (QED) is 0.645. The molecule has 1 unspecified atom stereocenters. The van der Waals surface area contributed by atoms with Crippen LogP contribution in [0.3, 0.4) is 0 Å². The van der Waals surface area contributed by atoms with E-state index in [1.165, 1.54) is 16.8 Å². The van der Waals surface area contributed by atoms with Crippen LogP contribution in [0.4, 0.5) is 26.3 Å². The van der Waals surface area contributed by atoms with E-state index in [0.29, 0.717) is 23.0 Å². The van der Waals surface area contributed by atoms with Crippen molar-refractivity contribution in [1.82, 2.24) is 19.3 Å². The fourth-order valence-electron chi connectivity index (χ4n) is 3.48. The Hall–Kier alpha value is -2.89. The van der Waals surface area contributed by atoms with Crippen molar-refractivity contribution in [2.75, 3.05) is 0 Å². The first kappa shape index (κ1) is 20.4. The summed E-state index contributed by atoms with van der Waals surface area (Å²) in [5.74, 6) is 0. The fourth-order valence-corrected chi connectivity index (χ4v) is 3.48. The number of pyridine rings is 2. The molecule has 0 aliphatic heterocycles. The van der Waals surface area contributed by atoms with E-state index in [9.17, 15) is 36.2 Å². The summed E-state index contributed by atoms with van der Waals surface area (Å²) in [5, 5.41) is 14.4. The molecule has 160 valence electrons. The number of aryl methyl sites for hydroxylation is 1. The summed E-state index contributed by atoms with van der Waals surface area (Å²) in [6, 6.07) is 2.05. The first-order valence-corrected chi connectivity index (χ1v) is 8.77. The molecule has 1 fully saturated rings. The molecule has 1 saturated carbocycles. The SMILES string of the molecule is Cn1nc2c(=O)n(C3CC3)ccc2c1C(O)(c1ccc(C(F)(F)F)nc1)C(F)(F)F. The van der Waals surface area contributed by atoms with Gasteiger partial charge < -0.3 is 9.67 Å². The minimum atomic E-state index is -5.35. The van der Waals surface area contributed by atoms with E-state index in [0.717, 1.165) is 19.9 Å². The second kappa shape index (κ2) is 6.30. The van der Waals surface area contributed by atoms with Crippen LogP contribution < -0.4 is 5.56 Å². The summed E-state index contributed by atoms with van der Waals surface area (Å²) in [4.78, 5) is 15.7. The Labute approximate surface area is 164 Å². The summed E-state index contributed by atoms with van der Waals surface area (Å²) >= 11 is 0. The van der Waals surface area contributed by atoms with Crippen molar-refractivity contribution in [3.8, 4) is 0 Å². The van der Waals surface area contributed by atoms with Gasteiger partial charge in [0.2, 0.25) is 5.60 Å². The van der Waals surface area contributed by atoms with E-state index in [4.69, 9.17) is 0 Å². The predicted octanol–water partition coefficient (Wildman–Crippen LogP) is 3.28. The average Bonchev–Trinajstić information content (AvgIpc) is 3.42. The van der Waals surface area contributed by atoms with Crippen molar-refractivity contribution in [2.45, 2.75) is 36.8 Å². The summed E-state index contributed by atoms with van der Waals surface area (Å²) in [6.45, 7) is 0. The van der Waals surface area contributed by atoms with Crippen LogP contribution in [0, 0.1) is 0 Å². The standard InChI is InChI=1S/C18H14F6N4O2/c1-27-14(11-6-7-28(10-3-4-10)15(29)13(11)26-27)16(30,18(22,23)24)9-2-5-12(25-8-9)17(19,20)21/h2,5-8,10,30H,3-4H2,1H3. The number of aliphatic hydroxyl groups is 1. The van der Waals surface area contributed by atoms with E-state index >= 15 is 0 Å². The van der Waals surface area contributed by atoms with Gasteiger partial charge in [0.15, 0.2) is 5.52 Å². The molecular formula is C18H14F6N4O2. The van der Waals surface area contributed by atoms with Gasteiger partial charge in [0.05, 0.1) is 5.69 Å². The maximum atomic E-state index is 14.1. The van der Waals surface area contributed by atoms with Crippen LogP contribution in [-0.2, 0) is 18.8 Å². The molecule has 30 heavy (non-hydrogen) atoms. The maximum absolute atomic E-state index is 14.1. The highest BCUT2D eigenvalue weighted by molar-refractivity contribution is 5.82. The van der Waals surface area contributed by atoms with Crippen LogP contribution in [-0.4, -0.2) is 30.6 Å². The lowest BCUT2D eigenvalue weighted by molar-refractivity contribution is -0.250. The molecule has 1 atom stereocenters. The minimum absolute atomic E-state index is 0.0482. The van der Waals surface area contributed by atoms with Crippen LogP contribution >= 0.6 is 0 Å². The highest BCUT2D eigenvalue weighted by Gasteiger charge is 2.59. The predicted molar refractivity (Wildman–Crippen MR) is 91.5 cm³/mol. The fraction of sp³-hybridized carbons (Fsp3) is 0.389. The number of nitrogens with zero attached hydrogens (tertiary/aromatic N) is 4. The second-order valence-corrected chi connectivity index (χ2v) is 7.13. The Morgan fingerprint density at radius 3 is 2.27 bits per heavy atom. The van der Waals surface area contributed by atoms with Gasteiger partial charge >= 0.3 is 12.4 Å². The molecule has 12 heteroatoms. The topological polar surface area (TPSA) is 72.9 Å². The van der Waals surface area contributed by atoms with Crippen molar-refractivity contribution < 1.29 is 31.4 Å². The monoisotopic (exact) mass is 432 g/mol. The molecule has 0 amide bonds. The number of aromatic nitrogens is 4. The summed E-state index contributed by atoms with van der Waals surface area (Å²) < 4.78 is 82.6. The van der Waals surface area contributed by atoms with Crippen LogP contribution in [0.5, 0.6) is 0 Å². The Bertz CT molecular complexity index is 1170. The second-order valence-electron chi connectivity index (χ2n) is 7.13. The smallest absolute Gasteiger partial charge is 0.371 e. The van der Waals surface area contributed by atoms with E-state index in [-0.39, 0.29) is 16.9 Å². The van der Waals surface area contributed by atoms with E-state index in [2.05, 4.69) is 10.1 Å². The van der Waals surface area contributed by atoms with Crippen LogP contribution in [0.15, 0.2) is 35.4 Å². The van der Waals surface area contributed by atoms with E-state index in [1.807, 2.05) is 0 Å². The Kier molecular flexibility index (Phi) is 4.28. The minimum Gasteiger partial charge on any atom is -0.371 e. The number of rotatable bonds is 3. The summed E-state index contributed by atoms with van der Waals surface area (Å²) in [6.07, 6.45) is -7.04. The lowest BCUT2D eigenvalue weighted by Gasteiger charge is -2.31. The lowest BCUT2D eigenvalue weighted by Crippen LogP contribution is -2.45. The molecule has 0 radical (unpaired) electrons. The highest BCUT2D eigenvalue weighted by Crippen LogP contribution is 2.46. The van der Waals surface area contributed by atoms with Gasteiger partial charge in [0.1, 0.15) is 5.69 Å². The Balaban J connectivity index is 1.96. The number of fused-ring (bicyclic) bond motifs is 1. The average molecular weight is 432 g/mol. The zero-order valence-corrected chi connectivity index (χ0v) is 15.3. The largest absolute Gasteiger partial charge is 0.433 e. The third-order valence-electron chi connectivity index (χ3n) is 5.09. The maximum Gasteiger partial charge on any atom is 0.433 e. The zero-order valence-electron chi connectivity index (χ0n) is 15.3. The normalized spacial score (nSPS) is 17.3. The Morgan fingerprint density at radius 1 is 1.10 bits per heavy atom. The van der Waals surface area contributed by atoms with Gasteiger partial charge in [-0.15, -0.1) is 0 Å². The molecule has 1 N–H and O–H groups in total. The number of hydrogen-bond acceptors (Lipinski definition) is 4. The van der Waals surface area contributed by atoms with Crippen LogP contribution in [0.1, 0.15) is 35.8 Å². The van der Waals surface area contributed by atoms with Gasteiger partial charge in [-0.25, -0.2) is 0 Å². The lowest BCUT2D eigenvalue weighted by atomic mass is 9.88. The summed E-state index contributed by atoms with van der Waals surface area (Å²) in [5.41, 5.74) is -7.74. The molecule has 4 rings (SSSR count). The Morgan fingerprint density at radius 2 is 1.77 bits per heavy atom. The molecule has 0 saturated heterocycles. The van der Waals surface area contributed by atoms with Gasteiger partial charge in [-0.1, -0.05) is 6.07 Å². The molecule has 0 bridgehead atoms. The van der Waals surface area contributed by atoms with Crippen molar-refractivity contribution >= 4 is 10.9 Å². The van der Waals surface area contributed by atoms with Gasteiger partial charge in [-0.05, 0) is 25.0 Å². The molecule has 3 heterocycles. The molecule has 1 aliphatic rings. The van der Waals surface area contributed by atoms with Crippen molar-refractivity contribution in [2.24, 2.45) is 7.05 Å². The highest BCUT2D eigenvalue weighted by atomic mass is 19.4. The van der Waals surface area contributed by atoms with E-state index < -0.39 is 40.5 Å². The van der Waals surface area contributed by atoms with Crippen molar-refractivity contribution in [3.63, 3.8) is 0 Å². The molecule has 1 aliphatic carbocycles. The van der Waals surface area contributed by atoms with Gasteiger partial charge in [0.25, 0.3) is 5.56 Å². The van der Waals surface area contributed by atoms with Crippen molar-refractivity contribution in [1.29, 1.82) is 0 Å². The number of hydrogen-bond donors (Lipinski definition) is 1. The van der Waals surface area contributed by atoms with Gasteiger partial charge in [-0.3, -0.25) is 14.5 Å². The molecule has 0 aromatic carbocycles. The first-order chi connectivity index (χ1) is 13.9. The molecule has 0 spiro atoms. The van der Waals surface area contributed by atoms with Crippen LogP contribution in [0.25, 0.3) is 10.9 Å². The number of alkyl halides is 6. The van der Waals surface area contributed by atoms with E-state index in [1.54, 1.807) is 0 Å². The van der Waals surface area contributed by atoms with Crippen molar-refractivity contribution in [3.05, 3.63) is 57.9 Å². The third kappa shape index (κ3) is 2.97. The summed E-state index contributed by atoms with van der Waals surface area (Å²) in [7, 11) is 1.12. The zero-order chi connectivity index (χ0) is 22.1. The van der Waals surface area contributed by atoms with Gasteiger partial charge in [-0.2, -0.15) is 31.4 Å². The molecule has 3 aromatic rings. The first-order valence-electron chi connectivity index (χ1n) is 8.77. The van der Waals surface area contributed by atoms with Crippen LogP contribution in [0.2, 0.25) is 0 Å². The molecule has 6 nitrogen and oxygen atoms in total. The third-order valence-corrected chi connectivity index (χ3v) is 5.09. The molecular weight excluding hydrogens is 418 g/mol. The number of halogens is 6.